The van der Waals surface area contributed by atoms with Crippen molar-refractivity contribution < 1.29 is 74.6 Å². The Morgan fingerprint density at radius 1 is 0.484 bits per heavy atom. The van der Waals surface area contributed by atoms with Gasteiger partial charge in [0, 0.05) is 6.42 Å². The minimum Gasteiger partial charge on any atom is -0.655 e. The lowest BCUT2D eigenvalue weighted by atomic mass is 9.88. The van der Waals surface area contributed by atoms with Crippen molar-refractivity contribution in [3.05, 3.63) is 5.40 Å². The highest BCUT2D eigenvalue weighted by Gasteiger charge is 2.95. The van der Waals surface area contributed by atoms with Crippen LogP contribution in [0.25, 0.3) is 5.40 Å². The van der Waals surface area contributed by atoms with Gasteiger partial charge in [0.25, 0.3) is 0 Å². The molecule has 3 nitrogen and oxygen atoms in total. The third-order valence-electron chi connectivity index (χ3n) is 3.64. The third kappa shape index (κ3) is 4.41. The van der Waals surface area contributed by atoms with Gasteiger partial charge in [-0.1, -0.05) is 0 Å². The largest absolute Gasteiger partial charge is 0.655 e. The van der Waals surface area contributed by atoms with Crippen molar-refractivity contribution in [1.82, 2.24) is 0 Å². The molecule has 0 aliphatic heterocycles. The molecule has 0 aliphatic rings. The standard InChI is InChI=1S/C10H9F17N3Si/c11-3(12,1-2-31(28,29)30)4(13,14)5(15,16)6(17,18)7(19,20)8(21,22)9(23,24)10(25,26)27/h28H,1-2,29-30H2/q-1. The molecular formula is C10H9F17N3Si-. The van der Waals surface area contributed by atoms with Crippen LogP contribution in [0.4, 0.5) is 74.6 Å². The number of rotatable bonds is 9. The second kappa shape index (κ2) is 7.47. The Morgan fingerprint density at radius 2 is 0.742 bits per heavy atom. The Kier molecular flexibility index (Phi) is 7.20. The van der Waals surface area contributed by atoms with Crippen LogP contribution in [0.15, 0.2) is 0 Å². The molecular weight excluding hydrogens is 513 g/mol. The van der Waals surface area contributed by atoms with Crippen LogP contribution in [0.1, 0.15) is 6.42 Å². The Bertz CT molecular complexity index is 650. The fourth-order valence-corrected chi connectivity index (χ4v) is 2.44. The van der Waals surface area contributed by atoms with Gasteiger partial charge in [-0.2, -0.15) is 74.6 Å². The molecule has 0 unspecified atom stereocenters. The van der Waals surface area contributed by atoms with E-state index in [1.165, 1.54) is 0 Å². The Labute approximate surface area is 160 Å². The number of halogens is 17. The summed E-state index contributed by atoms with van der Waals surface area (Å²) in [6.07, 6.45) is -10.6. The molecule has 0 spiro atoms. The van der Waals surface area contributed by atoms with Crippen LogP contribution < -0.4 is 10.8 Å². The molecule has 0 amide bonds. The highest BCUT2D eigenvalue weighted by atomic mass is 28.4. The van der Waals surface area contributed by atoms with Gasteiger partial charge in [0.2, 0.25) is 0 Å². The SMILES string of the molecule is [NH-][Si](N)(N)CCC(F)(F)C(F)(F)C(F)(F)C(F)(F)C(F)(F)C(F)(F)C(F)(F)C(F)(F)F. The van der Waals surface area contributed by atoms with Crippen LogP contribution in [0.2, 0.25) is 6.04 Å². The molecule has 188 valence electrons. The smallest absolute Gasteiger partial charge is 0.460 e. The summed E-state index contributed by atoms with van der Waals surface area (Å²) >= 11 is 0. The first-order valence-electron chi connectivity index (χ1n) is 7.00. The Hall–Kier alpha value is -1.09. The monoisotopic (exact) mass is 522 g/mol. The average Bonchev–Trinajstić information content (AvgIpc) is 2.50. The lowest BCUT2D eigenvalue weighted by molar-refractivity contribution is -0.461. The first-order chi connectivity index (χ1) is 13.0. The van der Waals surface area contributed by atoms with E-state index in [-0.39, 0.29) is 0 Å². The Balaban J connectivity index is 6.56. The summed E-state index contributed by atoms with van der Waals surface area (Å²) in [4.78, 5) is 0. The predicted octanol–water partition coefficient (Wildman–Crippen LogP) is 5.29. The fourth-order valence-electron chi connectivity index (χ4n) is 1.72. The van der Waals surface area contributed by atoms with E-state index in [2.05, 4.69) is 10.8 Å². The first kappa shape index (κ1) is 29.9. The number of nitrogens with two attached hydrogens (primary N) is 2. The summed E-state index contributed by atoms with van der Waals surface area (Å²) in [5.74, 6) is -56.6. The van der Waals surface area contributed by atoms with Gasteiger partial charge in [0.05, 0.1) is 8.56 Å². The molecule has 0 heterocycles. The van der Waals surface area contributed by atoms with E-state index < -0.39 is 68.7 Å². The minimum atomic E-state index is -8.66. The highest BCUT2D eigenvalue weighted by Crippen LogP contribution is 2.64. The molecule has 0 aliphatic carbocycles. The highest BCUT2D eigenvalue weighted by molar-refractivity contribution is 6.76. The lowest BCUT2D eigenvalue weighted by Gasteiger charge is -2.43. The van der Waals surface area contributed by atoms with Crippen molar-refractivity contribution in [2.24, 2.45) is 10.8 Å². The zero-order valence-electron chi connectivity index (χ0n) is 14.0. The van der Waals surface area contributed by atoms with Crippen molar-refractivity contribution in [2.45, 2.75) is 60.1 Å². The average molecular weight is 522 g/mol. The molecule has 0 saturated carbocycles. The molecule has 0 atom stereocenters. The molecule has 0 fully saturated rings. The molecule has 0 rings (SSSR count). The van der Waals surface area contributed by atoms with Crippen LogP contribution >= 0.6 is 0 Å². The van der Waals surface area contributed by atoms with E-state index >= 15 is 0 Å². The summed E-state index contributed by atoms with van der Waals surface area (Å²) in [6, 6.07) is -1.78. The van der Waals surface area contributed by atoms with E-state index in [0.29, 0.717) is 0 Å². The predicted molar refractivity (Wildman–Crippen MR) is 68.6 cm³/mol. The van der Waals surface area contributed by atoms with Crippen LogP contribution in [0.3, 0.4) is 0 Å². The van der Waals surface area contributed by atoms with Crippen molar-refractivity contribution in [3.8, 4) is 0 Å². The van der Waals surface area contributed by atoms with Crippen LogP contribution in [0, 0.1) is 0 Å². The fraction of sp³-hybridized carbons (Fsp3) is 1.00. The van der Waals surface area contributed by atoms with E-state index in [9.17, 15) is 74.6 Å². The normalized spacial score (nSPS) is 16.6. The molecule has 0 saturated heterocycles. The van der Waals surface area contributed by atoms with Gasteiger partial charge in [-0.15, -0.1) is 0 Å². The van der Waals surface area contributed by atoms with Gasteiger partial charge >= 0.3 is 47.6 Å². The minimum absolute atomic E-state index is 1.78. The Morgan fingerprint density at radius 3 is 1.00 bits per heavy atom. The zero-order valence-corrected chi connectivity index (χ0v) is 15.0. The second-order valence-electron chi connectivity index (χ2n) is 6.19. The van der Waals surface area contributed by atoms with Gasteiger partial charge in [0.1, 0.15) is 0 Å². The maximum absolute atomic E-state index is 13.4. The van der Waals surface area contributed by atoms with Gasteiger partial charge in [0.15, 0.2) is 0 Å². The lowest BCUT2D eigenvalue weighted by Crippen LogP contribution is -2.74. The second-order valence-corrected chi connectivity index (χ2v) is 8.77. The molecule has 5 N–H and O–H groups in total. The van der Waals surface area contributed by atoms with E-state index in [1.54, 1.807) is 0 Å². The summed E-state index contributed by atoms with van der Waals surface area (Å²) in [5, 5.41) is 16.1. The number of hydrogen-bond acceptors (Lipinski definition) is 2. The summed E-state index contributed by atoms with van der Waals surface area (Å²) in [5.41, 5.74) is 0. The molecule has 0 bridgehead atoms. The molecule has 0 aromatic carbocycles. The maximum Gasteiger partial charge on any atom is 0.460 e. The van der Waals surface area contributed by atoms with Crippen molar-refractivity contribution in [3.63, 3.8) is 0 Å². The molecule has 0 radical (unpaired) electrons. The summed E-state index contributed by atoms with van der Waals surface area (Å²) < 4.78 is 220. The zero-order chi connectivity index (χ0) is 25.9. The van der Waals surface area contributed by atoms with E-state index in [0.717, 1.165) is 0 Å². The number of hydrogen-bond donors (Lipinski definition) is 2. The molecule has 21 heteroatoms. The topological polar surface area (TPSA) is 75.8 Å². The van der Waals surface area contributed by atoms with Gasteiger partial charge < -0.3 is 16.2 Å². The van der Waals surface area contributed by atoms with Crippen molar-refractivity contribution >= 4 is 8.56 Å². The summed E-state index contributed by atoms with van der Waals surface area (Å²) in [7, 11) is -4.55. The van der Waals surface area contributed by atoms with Gasteiger partial charge in [-0.25, -0.2) is 0 Å². The van der Waals surface area contributed by atoms with Crippen LogP contribution in [0.5, 0.6) is 0 Å². The maximum atomic E-state index is 13.4. The van der Waals surface area contributed by atoms with Gasteiger partial charge in [-0.05, 0) is 6.04 Å². The quantitative estimate of drug-likeness (QED) is 0.319. The van der Waals surface area contributed by atoms with E-state index in [4.69, 9.17) is 5.40 Å². The molecule has 0 aromatic rings. The third-order valence-corrected chi connectivity index (χ3v) is 4.72. The number of nitrogens with one attached hydrogen (secondary N) is 1. The molecule has 0 aromatic heterocycles. The van der Waals surface area contributed by atoms with Crippen molar-refractivity contribution in [2.75, 3.05) is 0 Å². The van der Waals surface area contributed by atoms with Crippen molar-refractivity contribution in [1.29, 1.82) is 0 Å². The van der Waals surface area contributed by atoms with Crippen LogP contribution in [-0.4, -0.2) is 56.2 Å². The van der Waals surface area contributed by atoms with E-state index in [1.807, 2.05) is 0 Å². The van der Waals surface area contributed by atoms with Gasteiger partial charge in [-0.3, -0.25) is 0 Å². The summed E-state index contributed by atoms with van der Waals surface area (Å²) in [6.45, 7) is 0. The molecule has 31 heavy (non-hydrogen) atoms. The number of alkyl halides is 17. The van der Waals surface area contributed by atoms with Crippen LogP contribution in [-0.2, 0) is 0 Å². The first-order valence-corrected chi connectivity index (χ1v) is 9.36.